The highest BCUT2D eigenvalue weighted by Gasteiger charge is 2.13. The highest BCUT2D eigenvalue weighted by molar-refractivity contribution is 14.1. The summed E-state index contributed by atoms with van der Waals surface area (Å²) >= 11 is 7.94. The molecule has 0 radical (unpaired) electrons. The van der Waals surface area contributed by atoms with Crippen molar-refractivity contribution in [1.29, 1.82) is 0 Å². The van der Waals surface area contributed by atoms with Gasteiger partial charge in [0, 0.05) is 4.47 Å². The number of carbonyl (C=O) groups excluding carboxylic acids is 1. The van der Waals surface area contributed by atoms with Crippen LogP contribution in [0.1, 0.15) is 21.5 Å². The second kappa shape index (κ2) is 11.5. The van der Waals surface area contributed by atoms with E-state index in [1.54, 1.807) is 13.3 Å². The van der Waals surface area contributed by atoms with E-state index in [-0.39, 0.29) is 5.91 Å². The minimum Gasteiger partial charge on any atom is -0.496 e. The first kappa shape index (κ1) is 24.9. The monoisotopic (exact) mass is 740 g/mol. The molecule has 5 nitrogen and oxygen atoms in total. The SMILES string of the molecule is COc1cc2ccccc2cc1C(=O)N/N=C\c1cc(I)c(OCc2ccc(Br)cc2)c(I)c1. The summed E-state index contributed by atoms with van der Waals surface area (Å²) in [7, 11) is 1.55. The largest absolute Gasteiger partial charge is 0.496 e. The zero-order chi connectivity index (χ0) is 24.1. The summed E-state index contributed by atoms with van der Waals surface area (Å²) in [5, 5.41) is 6.12. The van der Waals surface area contributed by atoms with E-state index in [0.29, 0.717) is 17.9 Å². The van der Waals surface area contributed by atoms with Crippen molar-refractivity contribution in [3.63, 3.8) is 0 Å². The van der Waals surface area contributed by atoms with E-state index in [1.165, 1.54) is 0 Å². The van der Waals surface area contributed by atoms with Gasteiger partial charge in [0.15, 0.2) is 0 Å². The Bertz CT molecular complexity index is 1350. The number of methoxy groups -OCH3 is 1. The van der Waals surface area contributed by atoms with Gasteiger partial charge in [0.05, 0.1) is 26.0 Å². The molecule has 0 saturated heterocycles. The highest BCUT2D eigenvalue weighted by atomic mass is 127. The fourth-order valence-corrected chi connectivity index (χ4v) is 5.71. The average molecular weight is 741 g/mol. The van der Waals surface area contributed by atoms with Crippen LogP contribution in [0.4, 0.5) is 0 Å². The molecule has 4 aromatic carbocycles. The van der Waals surface area contributed by atoms with E-state index in [1.807, 2.05) is 72.8 Å². The smallest absolute Gasteiger partial charge is 0.275 e. The Kier molecular flexibility index (Phi) is 8.43. The lowest BCUT2D eigenvalue weighted by Gasteiger charge is -2.12. The second-order valence-corrected chi connectivity index (χ2v) is 10.6. The molecule has 0 fully saturated rings. The third-order valence-electron chi connectivity index (χ3n) is 5.01. The number of ether oxygens (including phenoxy) is 2. The summed E-state index contributed by atoms with van der Waals surface area (Å²) in [6.07, 6.45) is 1.62. The van der Waals surface area contributed by atoms with Crippen molar-refractivity contribution in [2.24, 2.45) is 5.10 Å². The Morgan fingerprint density at radius 2 is 1.65 bits per heavy atom. The van der Waals surface area contributed by atoms with Gasteiger partial charge in [-0.05, 0) is 103 Å². The second-order valence-electron chi connectivity index (χ2n) is 7.33. The lowest BCUT2D eigenvalue weighted by molar-refractivity contribution is 0.0952. The molecule has 172 valence electrons. The number of hydrogen-bond acceptors (Lipinski definition) is 4. The lowest BCUT2D eigenvalue weighted by atomic mass is 10.1. The van der Waals surface area contributed by atoms with E-state index < -0.39 is 0 Å². The summed E-state index contributed by atoms with van der Waals surface area (Å²) in [6.45, 7) is 0.483. The minimum absolute atomic E-state index is 0.335. The van der Waals surface area contributed by atoms with Gasteiger partial charge < -0.3 is 9.47 Å². The van der Waals surface area contributed by atoms with E-state index in [4.69, 9.17) is 9.47 Å². The summed E-state index contributed by atoms with van der Waals surface area (Å²) < 4.78 is 14.4. The van der Waals surface area contributed by atoms with Crippen LogP contribution in [0.2, 0.25) is 0 Å². The predicted molar refractivity (Wildman–Crippen MR) is 156 cm³/mol. The van der Waals surface area contributed by atoms with Crippen molar-refractivity contribution < 1.29 is 14.3 Å². The molecule has 0 aliphatic rings. The topological polar surface area (TPSA) is 59.9 Å². The standard InChI is InChI=1S/C26H19BrI2N2O3/c1-33-24-13-19-5-3-2-4-18(19)12-21(24)26(32)31-30-14-17-10-22(28)25(23(29)11-17)34-15-16-6-8-20(27)9-7-16/h2-14H,15H2,1H3,(H,31,32)/b30-14-. The number of nitrogens with one attached hydrogen (secondary N) is 1. The van der Waals surface area contributed by atoms with Gasteiger partial charge >= 0.3 is 0 Å². The van der Waals surface area contributed by atoms with Gasteiger partial charge in [0.25, 0.3) is 5.91 Å². The maximum absolute atomic E-state index is 12.8. The van der Waals surface area contributed by atoms with E-state index in [9.17, 15) is 4.79 Å². The van der Waals surface area contributed by atoms with Crippen LogP contribution in [0.5, 0.6) is 11.5 Å². The molecule has 0 unspecified atom stereocenters. The molecular formula is C26H19BrI2N2O3. The minimum atomic E-state index is -0.335. The quantitative estimate of drug-likeness (QED) is 0.124. The molecule has 0 aliphatic heterocycles. The molecule has 34 heavy (non-hydrogen) atoms. The van der Waals surface area contributed by atoms with Crippen LogP contribution in [0.3, 0.4) is 0 Å². The van der Waals surface area contributed by atoms with Crippen LogP contribution in [-0.4, -0.2) is 19.2 Å². The van der Waals surface area contributed by atoms with Crippen molar-refractivity contribution >= 4 is 84.0 Å². The molecule has 0 aromatic heterocycles. The maximum Gasteiger partial charge on any atom is 0.275 e. The number of hydrazone groups is 1. The fourth-order valence-electron chi connectivity index (χ4n) is 3.32. The number of nitrogens with zero attached hydrogens (tertiary/aromatic N) is 1. The summed E-state index contributed by atoms with van der Waals surface area (Å²) in [6, 6.07) is 23.5. The molecule has 8 heteroatoms. The maximum atomic E-state index is 12.8. The Labute approximate surface area is 233 Å². The number of amides is 1. The predicted octanol–water partition coefficient (Wildman–Crippen LogP) is 7.16. The van der Waals surface area contributed by atoms with Gasteiger partial charge in [-0.3, -0.25) is 4.79 Å². The van der Waals surface area contributed by atoms with Crippen molar-refractivity contribution in [3.05, 3.63) is 101 Å². The lowest BCUT2D eigenvalue weighted by Crippen LogP contribution is -2.18. The Balaban J connectivity index is 1.45. The van der Waals surface area contributed by atoms with Crippen LogP contribution in [0.25, 0.3) is 10.8 Å². The van der Waals surface area contributed by atoms with Gasteiger partial charge in [-0.2, -0.15) is 5.10 Å². The third kappa shape index (κ3) is 6.08. The Hall–Kier alpha value is -2.18. The molecule has 0 saturated carbocycles. The Morgan fingerprint density at radius 1 is 1.00 bits per heavy atom. The van der Waals surface area contributed by atoms with Crippen molar-refractivity contribution in [1.82, 2.24) is 5.43 Å². The Morgan fingerprint density at radius 3 is 2.29 bits per heavy atom. The van der Waals surface area contributed by atoms with Crippen molar-refractivity contribution in [2.75, 3.05) is 7.11 Å². The number of carbonyl (C=O) groups is 1. The molecule has 1 amide bonds. The van der Waals surface area contributed by atoms with E-state index in [0.717, 1.165) is 39.3 Å². The normalized spacial score (nSPS) is 11.1. The first-order valence-corrected chi connectivity index (χ1v) is 13.2. The summed E-state index contributed by atoms with van der Waals surface area (Å²) in [4.78, 5) is 12.8. The number of fused-ring (bicyclic) bond motifs is 1. The van der Waals surface area contributed by atoms with Crippen LogP contribution in [0.15, 0.2) is 82.4 Å². The van der Waals surface area contributed by atoms with Gasteiger partial charge in [-0.25, -0.2) is 5.43 Å². The highest BCUT2D eigenvalue weighted by Crippen LogP contribution is 2.30. The van der Waals surface area contributed by atoms with Gasteiger partial charge in [0.1, 0.15) is 18.1 Å². The fraction of sp³-hybridized carbons (Fsp3) is 0.0769. The van der Waals surface area contributed by atoms with Gasteiger partial charge in [-0.15, -0.1) is 0 Å². The first-order valence-electron chi connectivity index (χ1n) is 10.2. The molecule has 0 atom stereocenters. The van der Waals surface area contributed by atoms with Gasteiger partial charge in [-0.1, -0.05) is 52.3 Å². The molecule has 1 N–H and O–H groups in total. The third-order valence-corrected chi connectivity index (χ3v) is 7.14. The van der Waals surface area contributed by atoms with Crippen LogP contribution in [0, 0.1) is 7.14 Å². The molecule has 0 aliphatic carbocycles. The van der Waals surface area contributed by atoms with Crippen LogP contribution in [-0.2, 0) is 6.61 Å². The summed E-state index contributed by atoms with van der Waals surface area (Å²) in [5.41, 5.74) is 4.98. The zero-order valence-corrected chi connectivity index (χ0v) is 23.9. The molecule has 0 heterocycles. The van der Waals surface area contributed by atoms with E-state index >= 15 is 0 Å². The average Bonchev–Trinajstić information content (AvgIpc) is 2.83. The van der Waals surface area contributed by atoms with Crippen molar-refractivity contribution in [2.45, 2.75) is 6.61 Å². The van der Waals surface area contributed by atoms with Gasteiger partial charge in [0.2, 0.25) is 0 Å². The molecule has 0 spiro atoms. The van der Waals surface area contributed by atoms with Crippen LogP contribution < -0.4 is 14.9 Å². The van der Waals surface area contributed by atoms with Crippen molar-refractivity contribution in [3.8, 4) is 11.5 Å². The molecule has 4 aromatic rings. The first-order chi connectivity index (χ1) is 16.4. The molecule has 0 bridgehead atoms. The number of halogens is 3. The molecule has 4 rings (SSSR count). The number of benzene rings is 4. The number of hydrogen-bond donors (Lipinski definition) is 1. The number of rotatable bonds is 7. The molecular weight excluding hydrogens is 722 g/mol. The van der Waals surface area contributed by atoms with Crippen LogP contribution >= 0.6 is 61.1 Å². The zero-order valence-electron chi connectivity index (χ0n) is 18.0. The van der Waals surface area contributed by atoms with E-state index in [2.05, 4.69) is 71.6 Å². The summed E-state index contributed by atoms with van der Waals surface area (Å²) in [5.74, 6) is 0.992.